The van der Waals surface area contributed by atoms with Crippen molar-refractivity contribution in [1.29, 1.82) is 0 Å². The molecular weight excluding hydrogens is 325 g/mol. The van der Waals surface area contributed by atoms with E-state index in [1.165, 1.54) is 15.7 Å². The summed E-state index contributed by atoms with van der Waals surface area (Å²) >= 11 is 2.36. The molecule has 2 N–H and O–H groups in total. The van der Waals surface area contributed by atoms with E-state index >= 15 is 0 Å². The lowest BCUT2D eigenvalue weighted by Gasteiger charge is -2.25. The Hall–Kier alpha value is -0.490. The normalized spacial score (nSPS) is 10.9. The second kappa shape index (κ2) is 7.06. The minimum absolute atomic E-state index is 0.836. The molecule has 0 saturated carbocycles. The van der Waals surface area contributed by atoms with Crippen molar-refractivity contribution in [1.82, 2.24) is 4.90 Å². The molecule has 0 aliphatic heterocycles. The van der Waals surface area contributed by atoms with Gasteiger partial charge in [-0.1, -0.05) is 0 Å². The van der Waals surface area contributed by atoms with Gasteiger partial charge in [-0.25, -0.2) is 0 Å². The van der Waals surface area contributed by atoms with E-state index in [2.05, 4.69) is 59.5 Å². The van der Waals surface area contributed by atoms with Gasteiger partial charge in [-0.2, -0.15) is 0 Å². The molecule has 0 aliphatic rings. The van der Waals surface area contributed by atoms with E-state index in [0.29, 0.717) is 0 Å². The van der Waals surface area contributed by atoms with Crippen molar-refractivity contribution in [2.45, 2.75) is 13.3 Å². The maximum absolute atomic E-state index is 5.78. The fourth-order valence-corrected chi connectivity index (χ4v) is 2.69. The van der Waals surface area contributed by atoms with Crippen LogP contribution in [0, 0.1) is 3.57 Å². The maximum Gasteiger partial charge on any atom is 0.0503 e. The van der Waals surface area contributed by atoms with E-state index in [1.54, 1.807) is 0 Å². The fraction of sp³-hybridized carbons (Fsp3) is 0.538. The number of nitrogens with zero attached hydrogens (tertiary/aromatic N) is 2. The molecule has 0 heterocycles. The molecule has 0 unspecified atom stereocenters. The molecule has 1 aromatic rings. The van der Waals surface area contributed by atoms with Gasteiger partial charge in [0.2, 0.25) is 0 Å². The topological polar surface area (TPSA) is 32.5 Å². The lowest BCUT2D eigenvalue weighted by molar-refractivity contribution is 0.400. The average molecular weight is 347 g/mol. The Morgan fingerprint density at radius 3 is 2.47 bits per heavy atom. The zero-order valence-electron chi connectivity index (χ0n) is 10.9. The summed E-state index contributed by atoms with van der Waals surface area (Å²) in [7, 11) is 4.23. The van der Waals surface area contributed by atoms with Gasteiger partial charge in [0, 0.05) is 22.3 Å². The first-order valence-corrected chi connectivity index (χ1v) is 7.07. The molecule has 1 aromatic carbocycles. The van der Waals surface area contributed by atoms with Crippen LogP contribution in [-0.2, 0) is 0 Å². The van der Waals surface area contributed by atoms with Crippen LogP contribution in [-0.4, -0.2) is 38.6 Å². The predicted octanol–water partition coefficient (Wildman–Crippen LogP) is 2.65. The first kappa shape index (κ1) is 14.6. The summed E-state index contributed by atoms with van der Waals surface area (Å²) in [4.78, 5) is 4.63. The summed E-state index contributed by atoms with van der Waals surface area (Å²) in [5, 5.41) is 0. The highest BCUT2D eigenvalue weighted by molar-refractivity contribution is 14.1. The molecule has 0 bridgehead atoms. The van der Waals surface area contributed by atoms with Crippen molar-refractivity contribution in [3.05, 3.63) is 21.8 Å². The molecule has 17 heavy (non-hydrogen) atoms. The Labute approximate surface area is 118 Å². The molecule has 4 heteroatoms. The van der Waals surface area contributed by atoms with Crippen LogP contribution in [0.15, 0.2) is 18.2 Å². The minimum atomic E-state index is 0.836. The third-order valence-electron chi connectivity index (χ3n) is 2.73. The highest BCUT2D eigenvalue weighted by atomic mass is 127. The zero-order valence-corrected chi connectivity index (χ0v) is 13.1. The highest BCUT2D eigenvalue weighted by Crippen LogP contribution is 2.24. The molecule has 0 aliphatic carbocycles. The third kappa shape index (κ3) is 4.71. The van der Waals surface area contributed by atoms with Crippen LogP contribution in [0.3, 0.4) is 0 Å². The summed E-state index contributed by atoms with van der Waals surface area (Å²) in [6.45, 7) is 5.45. The zero-order chi connectivity index (χ0) is 12.8. The summed E-state index contributed by atoms with van der Waals surface area (Å²) in [6, 6.07) is 6.13. The van der Waals surface area contributed by atoms with Gasteiger partial charge in [0.1, 0.15) is 0 Å². The Kier molecular flexibility index (Phi) is 6.05. The van der Waals surface area contributed by atoms with Crippen LogP contribution in [0.4, 0.5) is 11.4 Å². The van der Waals surface area contributed by atoms with Crippen molar-refractivity contribution < 1.29 is 0 Å². The van der Waals surface area contributed by atoms with Crippen LogP contribution < -0.4 is 10.6 Å². The molecule has 1 rings (SSSR count). The van der Waals surface area contributed by atoms with Gasteiger partial charge < -0.3 is 15.5 Å². The van der Waals surface area contributed by atoms with Crippen LogP contribution in [0.1, 0.15) is 13.3 Å². The van der Waals surface area contributed by atoms with E-state index in [9.17, 15) is 0 Å². The number of benzene rings is 1. The van der Waals surface area contributed by atoms with E-state index in [-0.39, 0.29) is 0 Å². The summed E-state index contributed by atoms with van der Waals surface area (Å²) in [5.74, 6) is 0. The van der Waals surface area contributed by atoms with Gasteiger partial charge in [-0.05, 0) is 74.8 Å². The molecular formula is C13H22IN3. The number of hydrogen-bond acceptors (Lipinski definition) is 3. The van der Waals surface area contributed by atoms with Crippen LogP contribution in [0.5, 0.6) is 0 Å². The summed E-state index contributed by atoms with van der Waals surface area (Å²) < 4.78 is 1.23. The summed E-state index contributed by atoms with van der Waals surface area (Å²) in [5.41, 5.74) is 7.91. The first-order valence-electron chi connectivity index (χ1n) is 5.99. The van der Waals surface area contributed by atoms with Crippen molar-refractivity contribution in [3.8, 4) is 0 Å². The minimum Gasteiger partial charge on any atom is -0.399 e. The Bertz CT molecular complexity index is 353. The van der Waals surface area contributed by atoms with E-state index in [4.69, 9.17) is 5.73 Å². The number of nitrogen functional groups attached to an aromatic ring is 1. The largest absolute Gasteiger partial charge is 0.399 e. The number of rotatable bonds is 6. The molecule has 0 radical (unpaired) electrons. The van der Waals surface area contributed by atoms with Crippen molar-refractivity contribution in [2.75, 3.05) is 44.4 Å². The van der Waals surface area contributed by atoms with Crippen LogP contribution in [0.2, 0.25) is 0 Å². The SMILES string of the molecule is CCN(CCCN(C)C)c1ccc(N)cc1I. The van der Waals surface area contributed by atoms with Crippen molar-refractivity contribution in [3.63, 3.8) is 0 Å². The Morgan fingerprint density at radius 2 is 1.94 bits per heavy atom. The van der Waals surface area contributed by atoms with Crippen molar-refractivity contribution in [2.24, 2.45) is 0 Å². The average Bonchev–Trinajstić information content (AvgIpc) is 2.25. The van der Waals surface area contributed by atoms with Crippen LogP contribution in [0.25, 0.3) is 0 Å². The quantitative estimate of drug-likeness (QED) is 0.634. The van der Waals surface area contributed by atoms with E-state index in [1.807, 2.05) is 12.1 Å². The van der Waals surface area contributed by atoms with Gasteiger partial charge >= 0.3 is 0 Å². The van der Waals surface area contributed by atoms with Gasteiger partial charge in [-0.15, -0.1) is 0 Å². The molecule has 0 atom stereocenters. The molecule has 3 nitrogen and oxygen atoms in total. The first-order chi connectivity index (χ1) is 8.04. The molecule has 0 aromatic heterocycles. The second-order valence-corrected chi connectivity index (χ2v) is 5.61. The molecule has 0 fully saturated rings. The smallest absolute Gasteiger partial charge is 0.0503 e. The number of anilines is 2. The van der Waals surface area contributed by atoms with Gasteiger partial charge in [-0.3, -0.25) is 0 Å². The summed E-state index contributed by atoms with van der Waals surface area (Å²) in [6.07, 6.45) is 1.18. The van der Waals surface area contributed by atoms with E-state index in [0.717, 1.165) is 25.3 Å². The monoisotopic (exact) mass is 347 g/mol. The molecule has 0 amide bonds. The van der Waals surface area contributed by atoms with Gasteiger partial charge in [0.25, 0.3) is 0 Å². The fourth-order valence-electron chi connectivity index (χ4n) is 1.81. The van der Waals surface area contributed by atoms with Crippen molar-refractivity contribution >= 4 is 34.0 Å². The van der Waals surface area contributed by atoms with Gasteiger partial charge in [0.05, 0.1) is 5.69 Å². The second-order valence-electron chi connectivity index (χ2n) is 4.45. The Balaban J connectivity index is 2.66. The lowest BCUT2D eigenvalue weighted by Crippen LogP contribution is -2.27. The highest BCUT2D eigenvalue weighted by Gasteiger charge is 2.08. The predicted molar refractivity (Wildman–Crippen MR) is 84.6 cm³/mol. The molecule has 0 saturated heterocycles. The standard InChI is InChI=1S/C13H22IN3/c1-4-17(9-5-8-16(2)3)13-7-6-11(15)10-12(13)14/h6-7,10H,4-5,8-9,15H2,1-3H3. The number of nitrogens with two attached hydrogens (primary N) is 1. The third-order valence-corrected chi connectivity index (χ3v) is 3.59. The number of hydrogen-bond donors (Lipinski definition) is 1. The Morgan fingerprint density at radius 1 is 1.24 bits per heavy atom. The molecule has 96 valence electrons. The van der Waals surface area contributed by atoms with Crippen LogP contribution >= 0.6 is 22.6 Å². The van der Waals surface area contributed by atoms with Gasteiger partial charge in [0.15, 0.2) is 0 Å². The maximum atomic E-state index is 5.78. The van der Waals surface area contributed by atoms with E-state index < -0.39 is 0 Å². The molecule has 0 spiro atoms. The lowest BCUT2D eigenvalue weighted by atomic mass is 10.2. The number of halogens is 1.